The van der Waals surface area contributed by atoms with E-state index < -0.39 is 23.3 Å². The zero-order valence-corrected chi connectivity index (χ0v) is 26.2. The molecule has 1 saturated heterocycles. The fourth-order valence-corrected chi connectivity index (χ4v) is 6.84. The van der Waals surface area contributed by atoms with Crippen LogP contribution in [0.25, 0.3) is 32.9 Å². The second kappa shape index (κ2) is 12.7. The molecule has 47 heavy (non-hydrogen) atoms. The van der Waals surface area contributed by atoms with Gasteiger partial charge in [0.05, 0.1) is 16.5 Å². The number of alkyl halides is 1. The van der Waals surface area contributed by atoms with E-state index in [2.05, 4.69) is 32.8 Å². The summed E-state index contributed by atoms with van der Waals surface area (Å²) in [6.45, 7) is 4.28. The SMILES string of the molecule is C#Cc1c(F)ccc2cc(O)cc(-c3ncc4c(NCC5(N(C)C(=O)C=C)CCCC5)nc(OC[C@@H]5C[C@@H](F)CN5C)nc4c3F)c12. The Kier molecular flexibility index (Phi) is 8.68. The van der Waals surface area contributed by atoms with Crippen molar-refractivity contribution < 1.29 is 27.8 Å². The van der Waals surface area contributed by atoms with Crippen LogP contribution in [0, 0.1) is 24.0 Å². The van der Waals surface area contributed by atoms with Gasteiger partial charge in [0.25, 0.3) is 0 Å². The molecule has 2 N–H and O–H groups in total. The van der Waals surface area contributed by atoms with E-state index in [9.17, 15) is 18.7 Å². The summed E-state index contributed by atoms with van der Waals surface area (Å²) < 4.78 is 51.5. The van der Waals surface area contributed by atoms with Gasteiger partial charge in [-0.3, -0.25) is 14.7 Å². The fraction of sp³-hybridized carbons (Fsp3) is 0.371. The van der Waals surface area contributed by atoms with E-state index >= 15 is 4.39 Å². The molecule has 1 saturated carbocycles. The van der Waals surface area contributed by atoms with Gasteiger partial charge in [0.2, 0.25) is 5.91 Å². The highest BCUT2D eigenvalue weighted by atomic mass is 19.1. The van der Waals surface area contributed by atoms with E-state index in [0.29, 0.717) is 11.9 Å². The second-order valence-electron chi connectivity index (χ2n) is 12.3. The first-order valence-electron chi connectivity index (χ1n) is 15.4. The summed E-state index contributed by atoms with van der Waals surface area (Å²) in [6, 6.07) is 4.94. The number of nitrogens with zero attached hydrogens (tertiary/aromatic N) is 5. The molecule has 244 valence electrons. The molecule has 0 bridgehead atoms. The topological polar surface area (TPSA) is 104 Å². The molecule has 0 radical (unpaired) electrons. The number of terminal acetylenes is 1. The van der Waals surface area contributed by atoms with E-state index in [1.165, 1.54) is 36.5 Å². The van der Waals surface area contributed by atoms with Crippen LogP contribution in [0.15, 0.2) is 43.1 Å². The lowest BCUT2D eigenvalue weighted by Gasteiger charge is -2.38. The number of hydrogen-bond acceptors (Lipinski definition) is 8. The van der Waals surface area contributed by atoms with Crippen molar-refractivity contribution in [1.29, 1.82) is 0 Å². The van der Waals surface area contributed by atoms with Gasteiger partial charge in [0, 0.05) is 43.3 Å². The summed E-state index contributed by atoms with van der Waals surface area (Å²) >= 11 is 0. The minimum absolute atomic E-state index is 0.0734. The number of halogens is 3. The van der Waals surface area contributed by atoms with Crippen LogP contribution in [0.3, 0.4) is 0 Å². The van der Waals surface area contributed by atoms with E-state index in [-0.39, 0.29) is 82.2 Å². The highest BCUT2D eigenvalue weighted by molar-refractivity contribution is 6.03. The number of phenols is 1. The first-order valence-corrected chi connectivity index (χ1v) is 15.4. The van der Waals surface area contributed by atoms with Crippen LogP contribution in [-0.2, 0) is 4.79 Å². The number of aromatic nitrogens is 3. The minimum atomic E-state index is -0.984. The highest BCUT2D eigenvalue weighted by Gasteiger charge is 2.40. The third kappa shape index (κ3) is 5.91. The van der Waals surface area contributed by atoms with Gasteiger partial charge in [-0.1, -0.05) is 31.4 Å². The molecule has 2 aromatic heterocycles. The van der Waals surface area contributed by atoms with E-state index in [1.807, 2.05) is 4.90 Å². The maximum absolute atomic E-state index is 16.7. The Bertz CT molecular complexity index is 1920. The largest absolute Gasteiger partial charge is 0.508 e. The number of likely N-dealkylation sites (tertiary alicyclic amines) is 1. The van der Waals surface area contributed by atoms with Gasteiger partial charge in [-0.2, -0.15) is 9.97 Å². The van der Waals surface area contributed by atoms with Crippen molar-refractivity contribution in [3.8, 4) is 35.4 Å². The van der Waals surface area contributed by atoms with Gasteiger partial charge in [-0.15, -0.1) is 6.42 Å². The molecule has 0 spiro atoms. The number of carbonyl (C=O) groups excluding carboxylic acids is 1. The minimum Gasteiger partial charge on any atom is -0.508 e. The lowest BCUT2D eigenvalue weighted by molar-refractivity contribution is -0.129. The van der Waals surface area contributed by atoms with Crippen LogP contribution >= 0.6 is 0 Å². The smallest absolute Gasteiger partial charge is 0.319 e. The Morgan fingerprint density at radius 3 is 2.74 bits per heavy atom. The molecule has 6 rings (SSSR count). The van der Waals surface area contributed by atoms with Gasteiger partial charge in [0.15, 0.2) is 5.82 Å². The van der Waals surface area contributed by atoms with Crippen molar-refractivity contribution in [1.82, 2.24) is 24.8 Å². The van der Waals surface area contributed by atoms with Gasteiger partial charge in [0.1, 0.15) is 41.4 Å². The van der Waals surface area contributed by atoms with Crippen molar-refractivity contribution >= 4 is 33.4 Å². The maximum atomic E-state index is 16.7. The average Bonchev–Trinajstić information content (AvgIpc) is 3.67. The number of aromatic hydroxyl groups is 1. The zero-order chi connectivity index (χ0) is 33.5. The van der Waals surface area contributed by atoms with E-state index in [1.54, 1.807) is 19.0 Å². The van der Waals surface area contributed by atoms with Crippen molar-refractivity contribution in [2.75, 3.05) is 39.1 Å². The van der Waals surface area contributed by atoms with Crippen LogP contribution in [0.4, 0.5) is 19.0 Å². The number of carbonyl (C=O) groups is 1. The Hall–Kier alpha value is -4.89. The number of benzene rings is 2. The number of amides is 1. The molecule has 1 aliphatic heterocycles. The second-order valence-corrected chi connectivity index (χ2v) is 12.3. The molecule has 3 heterocycles. The van der Waals surface area contributed by atoms with E-state index in [4.69, 9.17) is 11.2 Å². The Labute approximate surface area is 270 Å². The molecule has 1 aliphatic carbocycles. The van der Waals surface area contributed by atoms with Crippen LogP contribution < -0.4 is 10.1 Å². The number of nitrogens with one attached hydrogen (secondary N) is 1. The van der Waals surface area contributed by atoms with Crippen LogP contribution in [-0.4, -0.2) is 87.3 Å². The lowest BCUT2D eigenvalue weighted by atomic mass is 9.95. The predicted molar refractivity (Wildman–Crippen MR) is 174 cm³/mol. The summed E-state index contributed by atoms with van der Waals surface area (Å²) in [5.74, 6) is 0.618. The number of pyridine rings is 1. The number of rotatable bonds is 9. The van der Waals surface area contributed by atoms with Crippen molar-refractivity contribution in [3.63, 3.8) is 0 Å². The first-order chi connectivity index (χ1) is 22.5. The van der Waals surface area contributed by atoms with Crippen LogP contribution in [0.1, 0.15) is 37.7 Å². The quantitative estimate of drug-likeness (QED) is 0.179. The lowest BCUT2D eigenvalue weighted by Crippen LogP contribution is -2.51. The molecular weight excluding hydrogens is 609 g/mol. The summed E-state index contributed by atoms with van der Waals surface area (Å²) in [6.07, 6.45) is 11.0. The van der Waals surface area contributed by atoms with Crippen molar-refractivity contribution in [3.05, 3.63) is 60.3 Å². The number of likely N-dealkylation sites (N-methyl/N-ethyl adjacent to an activating group) is 2. The number of ether oxygens (including phenoxy) is 1. The molecule has 1 amide bonds. The van der Waals surface area contributed by atoms with Crippen LogP contribution in [0.2, 0.25) is 0 Å². The Balaban J connectivity index is 1.47. The van der Waals surface area contributed by atoms with Crippen molar-refractivity contribution in [2.45, 2.75) is 49.9 Å². The molecule has 0 unspecified atom stereocenters. The molecule has 2 atom stereocenters. The number of phenolic OH excluding ortho intramolecular Hbond substituents is 1. The zero-order valence-electron chi connectivity index (χ0n) is 26.2. The first kappa shape index (κ1) is 32.1. The molecule has 2 fully saturated rings. The number of fused-ring (bicyclic) bond motifs is 2. The normalized spacial score (nSPS) is 19.1. The maximum Gasteiger partial charge on any atom is 0.319 e. The summed E-state index contributed by atoms with van der Waals surface area (Å²) in [4.78, 5) is 29.5. The third-order valence-corrected chi connectivity index (χ3v) is 9.49. The molecular formula is C35H35F3N6O3. The Morgan fingerprint density at radius 2 is 2.06 bits per heavy atom. The van der Waals surface area contributed by atoms with Gasteiger partial charge >= 0.3 is 6.01 Å². The third-order valence-electron chi connectivity index (χ3n) is 9.49. The summed E-state index contributed by atoms with van der Waals surface area (Å²) in [5.41, 5.74) is -0.903. The highest BCUT2D eigenvalue weighted by Crippen LogP contribution is 2.39. The Morgan fingerprint density at radius 1 is 1.30 bits per heavy atom. The molecule has 2 aromatic carbocycles. The van der Waals surface area contributed by atoms with Gasteiger partial charge in [-0.05, 0) is 56.0 Å². The van der Waals surface area contributed by atoms with Gasteiger partial charge < -0.3 is 20.1 Å². The summed E-state index contributed by atoms with van der Waals surface area (Å²) in [5, 5.41) is 14.7. The molecule has 9 nitrogen and oxygen atoms in total. The molecule has 2 aliphatic rings. The van der Waals surface area contributed by atoms with Gasteiger partial charge in [-0.25, -0.2) is 13.2 Å². The number of hydrogen-bond donors (Lipinski definition) is 2. The number of anilines is 1. The monoisotopic (exact) mass is 644 g/mol. The average molecular weight is 645 g/mol. The molecule has 4 aromatic rings. The van der Waals surface area contributed by atoms with Crippen LogP contribution in [0.5, 0.6) is 11.8 Å². The molecule has 12 heteroatoms. The van der Waals surface area contributed by atoms with Crippen molar-refractivity contribution in [2.24, 2.45) is 0 Å². The predicted octanol–water partition coefficient (Wildman–Crippen LogP) is 5.60. The standard InChI is InChI=1S/C35H35F3N6O3/c1-5-24-27(37)10-9-20-13-23(45)15-25(29(20)24)31-30(38)32-26(16-39-31)33(40-19-35(11-7-8-12-35)44(4)28(46)6-2)42-34(41-32)47-18-22-14-21(36)17-43(22)3/h1,6,9-10,13,15-16,21-22,45H,2,7-8,11-12,14,17-19H2,3-4H3,(H,40,41,42)/t21-,22+/m1/s1. The fourth-order valence-electron chi connectivity index (χ4n) is 6.84. The van der Waals surface area contributed by atoms with E-state index in [0.717, 1.165) is 25.7 Å². The summed E-state index contributed by atoms with van der Waals surface area (Å²) in [7, 11) is 3.54.